The van der Waals surface area contributed by atoms with E-state index in [1.165, 1.54) is 37.6 Å². The van der Waals surface area contributed by atoms with Gasteiger partial charge in [0.15, 0.2) is 5.65 Å². The minimum atomic E-state index is 0.944. The summed E-state index contributed by atoms with van der Waals surface area (Å²) >= 11 is 1.78. The molecule has 0 radical (unpaired) electrons. The van der Waals surface area contributed by atoms with Crippen LogP contribution in [-0.2, 0) is 6.54 Å². The summed E-state index contributed by atoms with van der Waals surface area (Å²) in [5.41, 5.74) is 8.87. The van der Waals surface area contributed by atoms with Crippen LogP contribution in [0.2, 0.25) is 0 Å². The topological polar surface area (TPSA) is 40.0 Å². The maximum absolute atomic E-state index is 4.99. The van der Waals surface area contributed by atoms with Crippen molar-refractivity contribution in [3.63, 3.8) is 0 Å². The van der Waals surface area contributed by atoms with E-state index in [4.69, 9.17) is 9.97 Å². The molecule has 0 spiro atoms. The second-order valence-corrected chi connectivity index (χ2v) is 10.4. The molecule has 0 saturated heterocycles. The van der Waals surface area contributed by atoms with Crippen molar-refractivity contribution in [3.8, 4) is 16.1 Å². The summed E-state index contributed by atoms with van der Waals surface area (Å²) in [5, 5.41) is 7.15. The molecular weight excluding hydrogens is 474 g/mol. The van der Waals surface area contributed by atoms with Gasteiger partial charge in [-0.05, 0) is 49.7 Å². The van der Waals surface area contributed by atoms with E-state index in [0.29, 0.717) is 0 Å². The molecular formula is C31H23N5S. The highest BCUT2D eigenvalue weighted by atomic mass is 32.1. The number of benzene rings is 3. The molecule has 3 aromatic carbocycles. The van der Waals surface area contributed by atoms with Crippen LogP contribution in [0.5, 0.6) is 0 Å². The number of hydrogen-bond donors (Lipinski definition) is 0. The Labute approximate surface area is 216 Å². The van der Waals surface area contributed by atoms with Gasteiger partial charge in [-0.2, -0.15) is 0 Å². The second-order valence-electron chi connectivity index (χ2n) is 9.55. The summed E-state index contributed by atoms with van der Waals surface area (Å²) in [6.07, 6.45) is 4.05. The maximum Gasteiger partial charge on any atom is 0.151 e. The Morgan fingerprint density at radius 3 is 2.54 bits per heavy atom. The standard InChI is InChI=1S/C31H23N5S/c1-3-34-25-12-8-7-11-22(25)23-15-20(13-14-26(23)34)29-27-24(17-37-29)30-33-19(2)16-35(30)31-28(27)32-18-36(31)21-9-5-4-6-10-21/h4-18H,3H2,1-2H3. The van der Waals surface area contributed by atoms with Crippen molar-refractivity contribution in [2.75, 3.05) is 0 Å². The van der Waals surface area contributed by atoms with Crippen molar-refractivity contribution in [2.24, 2.45) is 0 Å². The highest BCUT2D eigenvalue weighted by molar-refractivity contribution is 7.15. The van der Waals surface area contributed by atoms with Crippen LogP contribution >= 0.6 is 11.3 Å². The zero-order valence-electron chi connectivity index (χ0n) is 20.5. The molecule has 0 amide bonds. The van der Waals surface area contributed by atoms with Gasteiger partial charge in [0.25, 0.3) is 0 Å². The Balaban J connectivity index is 1.47. The lowest BCUT2D eigenvalue weighted by Gasteiger charge is -2.08. The highest BCUT2D eigenvalue weighted by Crippen LogP contribution is 2.43. The van der Waals surface area contributed by atoms with Crippen LogP contribution in [0.25, 0.3) is 65.5 Å². The SMILES string of the molecule is CCn1c2ccccc2c2cc(-c3scc4c3c3ncn(-c5ccccc5)c3n3cc(C)nc43)ccc21. The number of imidazole rings is 2. The van der Waals surface area contributed by atoms with Gasteiger partial charge in [-0.3, -0.25) is 8.97 Å². The molecule has 0 bridgehead atoms. The van der Waals surface area contributed by atoms with Crippen LogP contribution in [0.4, 0.5) is 0 Å². The number of aryl methyl sites for hydroxylation is 2. The zero-order chi connectivity index (χ0) is 24.7. The van der Waals surface area contributed by atoms with E-state index in [1.54, 1.807) is 11.3 Å². The van der Waals surface area contributed by atoms with E-state index < -0.39 is 0 Å². The quantitative estimate of drug-likeness (QED) is 0.248. The van der Waals surface area contributed by atoms with E-state index in [9.17, 15) is 0 Å². The van der Waals surface area contributed by atoms with Gasteiger partial charge in [0.05, 0.1) is 5.69 Å². The van der Waals surface area contributed by atoms with E-state index in [2.05, 4.69) is 106 Å². The third kappa shape index (κ3) is 2.79. The lowest BCUT2D eigenvalue weighted by atomic mass is 10.1. The molecule has 8 aromatic rings. The van der Waals surface area contributed by atoms with Crippen LogP contribution in [0.1, 0.15) is 12.6 Å². The Morgan fingerprint density at radius 1 is 0.865 bits per heavy atom. The molecule has 0 unspecified atom stereocenters. The van der Waals surface area contributed by atoms with Crippen molar-refractivity contribution >= 4 is 60.7 Å². The lowest BCUT2D eigenvalue weighted by Crippen LogP contribution is -1.97. The number of nitrogens with zero attached hydrogens (tertiary/aromatic N) is 5. The molecule has 5 heterocycles. The van der Waals surface area contributed by atoms with Gasteiger partial charge in [0, 0.05) is 61.3 Å². The van der Waals surface area contributed by atoms with Crippen LogP contribution in [0.15, 0.2) is 90.7 Å². The summed E-state index contributed by atoms with van der Waals surface area (Å²) in [6, 6.07) is 26.0. The highest BCUT2D eigenvalue weighted by Gasteiger charge is 2.21. The molecule has 6 heteroatoms. The summed E-state index contributed by atoms with van der Waals surface area (Å²) in [6.45, 7) is 5.21. The normalized spacial score (nSPS) is 12.2. The first-order valence-corrected chi connectivity index (χ1v) is 13.4. The monoisotopic (exact) mass is 497 g/mol. The molecule has 0 aliphatic heterocycles. The molecule has 8 rings (SSSR count). The summed E-state index contributed by atoms with van der Waals surface area (Å²) in [7, 11) is 0. The summed E-state index contributed by atoms with van der Waals surface area (Å²) < 4.78 is 6.77. The van der Waals surface area contributed by atoms with E-state index in [-0.39, 0.29) is 0 Å². The lowest BCUT2D eigenvalue weighted by molar-refractivity contribution is 0.827. The van der Waals surface area contributed by atoms with Gasteiger partial charge in [-0.15, -0.1) is 11.3 Å². The predicted molar refractivity (Wildman–Crippen MR) is 154 cm³/mol. The van der Waals surface area contributed by atoms with Gasteiger partial charge in [0.2, 0.25) is 0 Å². The smallest absolute Gasteiger partial charge is 0.151 e. The Morgan fingerprint density at radius 2 is 1.68 bits per heavy atom. The molecule has 5 aromatic heterocycles. The van der Waals surface area contributed by atoms with Crippen molar-refractivity contribution < 1.29 is 0 Å². The van der Waals surface area contributed by atoms with Crippen LogP contribution < -0.4 is 0 Å². The first-order chi connectivity index (χ1) is 18.2. The Kier molecular flexibility index (Phi) is 4.23. The fourth-order valence-electron chi connectivity index (χ4n) is 5.88. The first-order valence-electron chi connectivity index (χ1n) is 12.6. The number of rotatable bonds is 3. The van der Waals surface area contributed by atoms with Gasteiger partial charge in [-0.1, -0.05) is 42.5 Å². The fraction of sp³-hybridized carbons (Fsp3) is 0.0968. The molecule has 0 fully saturated rings. The molecule has 0 atom stereocenters. The number of fused-ring (bicyclic) bond motifs is 9. The van der Waals surface area contributed by atoms with E-state index in [0.717, 1.165) is 40.1 Å². The van der Waals surface area contributed by atoms with Crippen molar-refractivity contribution in [1.29, 1.82) is 0 Å². The largest absolute Gasteiger partial charge is 0.341 e. The molecule has 37 heavy (non-hydrogen) atoms. The molecule has 5 nitrogen and oxygen atoms in total. The molecule has 0 aliphatic rings. The minimum Gasteiger partial charge on any atom is -0.341 e. The number of thiophene rings is 1. The summed E-state index contributed by atoms with van der Waals surface area (Å²) in [5.74, 6) is 0. The van der Waals surface area contributed by atoms with E-state index in [1.807, 2.05) is 12.4 Å². The summed E-state index contributed by atoms with van der Waals surface area (Å²) in [4.78, 5) is 11.2. The number of para-hydroxylation sites is 2. The van der Waals surface area contributed by atoms with Gasteiger partial charge in [0.1, 0.15) is 17.5 Å². The Bertz CT molecular complexity index is 2140. The second kappa shape index (κ2) is 7.54. The molecule has 0 N–H and O–H groups in total. The van der Waals surface area contributed by atoms with Gasteiger partial charge in [-0.25, -0.2) is 9.97 Å². The first kappa shape index (κ1) is 20.7. The average Bonchev–Trinajstić information content (AvgIpc) is 3.70. The minimum absolute atomic E-state index is 0.944. The maximum atomic E-state index is 4.99. The zero-order valence-corrected chi connectivity index (χ0v) is 21.3. The molecule has 0 saturated carbocycles. The fourth-order valence-corrected chi connectivity index (χ4v) is 6.93. The van der Waals surface area contributed by atoms with E-state index >= 15 is 0 Å². The number of hydrogen-bond acceptors (Lipinski definition) is 3. The van der Waals surface area contributed by atoms with Gasteiger partial charge >= 0.3 is 0 Å². The molecule has 178 valence electrons. The van der Waals surface area contributed by atoms with Gasteiger partial charge < -0.3 is 4.57 Å². The average molecular weight is 498 g/mol. The van der Waals surface area contributed by atoms with Crippen LogP contribution in [-0.4, -0.2) is 23.5 Å². The van der Waals surface area contributed by atoms with Crippen molar-refractivity contribution in [3.05, 3.63) is 96.4 Å². The van der Waals surface area contributed by atoms with Crippen LogP contribution in [0.3, 0.4) is 0 Å². The Hall–Kier alpha value is -4.42. The number of pyridine rings is 1. The number of aromatic nitrogens is 5. The predicted octanol–water partition coefficient (Wildman–Crippen LogP) is 7.99. The third-order valence-corrected chi connectivity index (χ3v) is 8.48. The molecule has 0 aliphatic carbocycles. The van der Waals surface area contributed by atoms with Crippen molar-refractivity contribution in [1.82, 2.24) is 23.5 Å². The third-order valence-electron chi connectivity index (χ3n) is 7.45. The van der Waals surface area contributed by atoms with Crippen molar-refractivity contribution in [2.45, 2.75) is 20.4 Å². The van der Waals surface area contributed by atoms with Crippen LogP contribution in [0, 0.1) is 6.92 Å².